The minimum Gasteiger partial charge on any atom is -0.356 e. The van der Waals surface area contributed by atoms with Gasteiger partial charge in [0.1, 0.15) is 0 Å². The first-order chi connectivity index (χ1) is 12.7. The van der Waals surface area contributed by atoms with Crippen LogP contribution in [0.15, 0.2) is 35.3 Å². The van der Waals surface area contributed by atoms with Crippen LogP contribution in [0.3, 0.4) is 0 Å². The van der Waals surface area contributed by atoms with Gasteiger partial charge in [-0.15, -0.1) is 0 Å². The molecule has 0 spiro atoms. The lowest BCUT2D eigenvalue weighted by Gasteiger charge is -2.21. The largest absolute Gasteiger partial charge is 0.356 e. The number of hydrogen-bond donors (Lipinski definition) is 2. The molecule has 0 aromatic heterocycles. The topological polar surface area (TPSA) is 42.9 Å². The second-order valence-electron chi connectivity index (χ2n) is 7.85. The number of guanidine groups is 1. The summed E-state index contributed by atoms with van der Waals surface area (Å²) in [4.78, 5) is 9.42. The highest BCUT2D eigenvalue weighted by molar-refractivity contribution is 5.79. The van der Waals surface area contributed by atoms with Crippen LogP contribution in [-0.4, -0.2) is 75.7 Å². The Labute approximate surface area is 158 Å². The highest BCUT2D eigenvalue weighted by Gasteiger charge is 2.43. The third-order valence-corrected chi connectivity index (χ3v) is 5.81. The summed E-state index contributed by atoms with van der Waals surface area (Å²) < 4.78 is 0. The maximum absolute atomic E-state index is 4.40. The van der Waals surface area contributed by atoms with Gasteiger partial charge in [0.2, 0.25) is 0 Å². The van der Waals surface area contributed by atoms with Crippen molar-refractivity contribution in [1.29, 1.82) is 0 Å². The van der Waals surface area contributed by atoms with E-state index in [2.05, 4.69) is 62.8 Å². The molecular formula is C21H35N5. The van der Waals surface area contributed by atoms with Crippen molar-refractivity contribution >= 4 is 5.96 Å². The molecule has 3 rings (SSSR count). The molecule has 2 aliphatic rings. The van der Waals surface area contributed by atoms with Gasteiger partial charge in [0, 0.05) is 38.6 Å². The first-order valence-electron chi connectivity index (χ1n) is 10.1. The zero-order valence-corrected chi connectivity index (χ0v) is 16.5. The zero-order chi connectivity index (χ0) is 18.2. The molecule has 1 aliphatic carbocycles. The standard InChI is InChI=1S/C21H35N5/c1-22-20(23-12-6-14-26-15-7-13-25(2)16-17-26)24-18-21(10-11-21)19-8-4-3-5-9-19/h3-5,8-9H,6-7,10-18H2,1-2H3,(H2,22,23,24). The average molecular weight is 358 g/mol. The smallest absolute Gasteiger partial charge is 0.191 e. The Morgan fingerprint density at radius 2 is 1.88 bits per heavy atom. The van der Waals surface area contributed by atoms with Gasteiger partial charge in [-0.25, -0.2) is 0 Å². The van der Waals surface area contributed by atoms with Crippen LogP contribution in [0.4, 0.5) is 0 Å². The molecule has 1 aromatic carbocycles. The fraction of sp³-hybridized carbons (Fsp3) is 0.667. The lowest BCUT2D eigenvalue weighted by atomic mass is 9.96. The zero-order valence-electron chi connectivity index (χ0n) is 16.5. The van der Waals surface area contributed by atoms with E-state index in [0.29, 0.717) is 5.41 Å². The maximum atomic E-state index is 4.40. The van der Waals surface area contributed by atoms with Gasteiger partial charge >= 0.3 is 0 Å². The molecule has 5 heteroatoms. The molecule has 0 atom stereocenters. The second kappa shape index (κ2) is 9.38. The first kappa shape index (κ1) is 19.2. The minimum atomic E-state index is 0.316. The molecule has 144 valence electrons. The molecule has 5 nitrogen and oxygen atoms in total. The Kier molecular flexibility index (Phi) is 6.92. The predicted molar refractivity (Wildman–Crippen MR) is 110 cm³/mol. The van der Waals surface area contributed by atoms with E-state index in [-0.39, 0.29) is 0 Å². The molecule has 1 heterocycles. The van der Waals surface area contributed by atoms with E-state index in [1.54, 1.807) is 0 Å². The van der Waals surface area contributed by atoms with E-state index < -0.39 is 0 Å². The summed E-state index contributed by atoms with van der Waals surface area (Å²) >= 11 is 0. The Morgan fingerprint density at radius 3 is 2.62 bits per heavy atom. The van der Waals surface area contributed by atoms with Gasteiger partial charge in [-0.1, -0.05) is 30.3 Å². The lowest BCUT2D eigenvalue weighted by molar-refractivity contribution is 0.274. The third-order valence-electron chi connectivity index (χ3n) is 5.81. The molecule has 0 amide bonds. The van der Waals surface area contributed by atoms with Crippen molar-refractivity contribution in [2.24, 2.45) is 4.99 Å². The monoisotopic (exact) mass is 357 g/mol. The van der Waals surface area contributed by atoms with Crippen molar-refractivity contribution in [3.63, 3.8) is 0 Å². The van der Waals surface area contributed by atoms with E-state index in [1.165, 1.54) is 57.5 Å². The van der Waals surface area contributed by atoms with E-state index >= 15 is 0 Å². The van der Waals surface area contributed by atoms with Crippen LogP contribution in [0.5, 0.6) is 0 Å². The number of hydrogen-bond acceptors (Lipinski definition) is 3. The fourth-order valence-electron chi connectivity index (χ4n) is 3.82. The van der Waals surface area contributed by atoms with E-state index in [9.17, 15) is 0 Å². The normalized spacial score (nSPS) is 21.2. The van der Waals surface area contributed by atoms with Crippen LogP contribution in [0.25, 0.3) is 0 Å². The van der Waals surface area contributed by atoms with Crippen molar-refractivity contribution in [3.05, 3.63) is 35.9 Å². The molecule has 1 aromatic rings. The van der Waals surface area contributed by atoms with Crippen molar-refractivity contribution in [2.45, 2.75) is 31.1 Å². The van der Waals surface area contributed by atoms with Crippen molar-refractivity contribution < 1.29 is 0 Å². The summed E-state index contributed by atoms with van der Waals surface area (Å²) in [6.07, 6.45) is 4.98. The molecule has 0 radical (unpaired) electrons. The van der Waals surface area contributed by atoms with Crippen molar-refractivity contribution in [1.82, 2.24) is 20.4 Å². The Balaban J connectivity index is 1.35. The Hall–Kier alpha value is -1.59. The molecule has 1 aliphatic heterocycles. The summed E-state index contributed by atoms with van der Waals surface area (Å²) in [5.41, 5.74) is 1.77. The van der Waals surface area contributed by atoms with Gasteiger partial charge in [0.15, 0.2) is 5.96 Å². The van der Waals surface area contributed by atoms with Crippen LogP contribution < -0.4 is 10.6 Å². The second-order valence-corrected chi connectivity index (χ2v) is 7.85. The molecular weight excluding hydrogens is 322 g/mol. The number of nitrogens with zero attached hydrogens (tertiary/aromatic N) is 3. The summed E-state index contributed by atoms with van der Waals surface area (Å²) in [6, 6.07) is 10.9. The summed E-state index contributed by atoms with van der Waals surface area (Å²) in [5.74, 6) is 0.933. The molecule has 1 saturated carbocycles. The SMILES string of the molecule is CN=C(NCCCN1CCCN(C)CC1)NCC1(c2ccccc2)CC1. The average Bonchev–Trinajstić information content (AvgIpc) is 3.48. The molecule has 0 bridgehead atoms. The van der Waals surface area contributed by atoms with E-state index in [0.717, 1.165) is 25.5 Å². The fourth-order valence-corrected chi connectivity index (χ4v) is 3.82. The Morgan fingerprint density at radius 1 is 1.08 bits per heavy atom. The quantitative estimate of drug-likeness (QED) is 0.444. The highest BCUT2D eigenvalue weighted by atomic mass is 15.2. The summed E-state index contributed by atoms with van der Waals surface area (Å²) in [7, 11) is 4.09. The summed E-state index contributed by atoms with van der Waals surface area (Å²) in [5, 5.41) is 7.03. The first-order valence-corrected chi connectivity index (χ1v) is 10.1. The van der Waals surface area contributed by atoms with Gasteiger partial charge in [-0.2, -0.15) is 0 Å². The number of rotatable bonds is 7. The number of aliphatic imine (C=N–C) groups is 1. The van der Waals surface area contributed by atoms with Crippen molar-refractivity contribution in [2.75, 3.05) is 59.9 Å². The lowest BCUT2D eigenvalue weighted by Crippen LogP contribution is -2.42. The van der Waals surface area contributed by atoms with Crippen LogP contribution in [-0.2, 0) is 5.41 Å². The summed E-state index contributed by atoms with van der Waals surface area (Å²) in [6.45, 7) is 7.97. The highest BCUT2D eigenvalue weighted by Crippen LogP contribution is 2.47. The van der Waals surface area contributed by atoms with E-state index in [1.807, 2.05) is 7.05 Å². The van der Waals surface area contributed by atoms with Crippen molar-refractivity contribution in [3.8, 4) is 0 Å². The number of nitrogens with one attached hydrogen (secondary N) is 2. The van der Waals surface area contributed by atoms with Gasteiger partial charge < -0.3 is 20.4 Å². The van der Waals surface area contributed by atoms with Crippen LogP contribution in [0.1, 0.15) is 31.2 Å². The molecule has 2 fully saturated rings. The molecule has 0 unspecified atom stereocenters. The molecule has 2 N–H and O–H groups in total. The molecule has 26 heavy (non-hydrogen) atoms. The molecule has 1 saturated heterocycles. The van der Waals surface area contributed by atoms with E-state index in [4.69, 9.17) is 0 Å². The van der Waals surface area contributed by atoms with Gasteiger partial charge in [-0.3, -0.25) is 4.99 Å². The van der Waals surface area contributed by atoms with Gasteiger partial charge in [-0.05, 0) is 57.9 Å². The van der Waals surface area contributed by atoms with Gasteiger partial charge in [0.25, 0.3) is 0 Å². The maximum Gasteiger partial charge on any atom is 0.191 e. The number of likely N-dealkylation sites (N-methyl/N-ethyl adjacent to an activating group) is 1. The predicted octanol–water partition coefficient (Wildman–Crippen LogP) is 1.91. The van der Waals surface area contributed by atoms with Crippen LogP contribution in [0.2, 0.25) is 0 Å². The third kappa shape index (κ3) is 5.45. The van der Waals surface area contributed by atoms with Crippen LogP contribution >= 0.6 is 0 Å². The minimum absolute atomic E-state index is 0.316. The van der Waals surface area contributed by atoms with Crippen LogP contribution in [0, 0.1) is 0 Å². The Bertz CT molecular complexity index is 567. The van der Waals surface area contributed by atoms with Gasteiger partial charge in [0.05, 0.1) is 0 Å². The number of benzene rings is 1.